The number of nitrogens with zero attached hydrogens (tertiary/aromatic N) is 2. The number of anilines is 3. The van der Waals surface area contributed by atoms with Crippen molar-refractivity contribution in [3.05, 3.63) is 88.1 Å². The van der Waals surface area contributed by atoms with E-state index in [1.807, 2.05) is 43.3 Å². The Bertz CT molecular complexity index is 2090. The molecule has 0 fully saturated rings. The number of hydrogen-bond donors (Lipinski definition) is 4. The van der Waals surface area contributed by atoms with E-state index in [0.29, 0.717) is 28.6 Å². The highest BCUT2D eigenvalue weighted by atomic mass is 35.5. The van der Waals surface area contributed by atoms with Gasteiger partial charge < -0.3 is 30.2 Å². The molecule has 1 unspecified atom stereocenters. The molecule has 6 aromatic rings. The van der Waals surface area contributed by atoms with Crippen LogP contribution in [0.25, 0.3) is 31.9 Å². The summed E-state index contributed by atoms with van der Waals surface area (Å²) in [4.78, 5) is 37.3. The van der Waals surface area contributed by atoms with Gasteiger partial charge in [-0.05, 0) is 85.8 Å². The Labute approximate surface area is 263 Å². The van der Waals surface area contributed by atoms with E-state index in [2.05, 4.69) is 51.5 Å². The van der Waals surface area contributed by atoms with Gasteiger partial charge in [0.15, 0.2) is 0 Å². The average Bonchev–Trinajstić information content (AvgIpc) is 3.81. The molecule has 10 heteroatoms. The van der Waals surface area contributed by atoms with Crippen LogP contribution in [0, 0.1) is 6.92 Å². The molecular weight excluding hydrogens is 594 g/mol. The van der Waals surface area contributed by atoms with Crippen molar-refractivity contribution in [2.75, 3.05) is 34.8 Å². The molecule has 1 aliphatic heterocycles. The van der Waals surface area contributed by atoms with Crippen LogP contribution < -0.4 is 15.1 Å². The summed E-state index contributed by atoms with van der Waals surface area (Å²) >= 11 is 7.88. The molecule has 7 rings (SSSR count). The molecule has 3 aromatic carbocycles. The second-order valence-corrected chi connectivity index (χ2v) is 12.4. The number of aromatic nitrogens is 2. The minimum atomic E-state index is -0.779. The number of aromatic amines is 2. The number of carbonyl (C=O) groups excluding carboxylic acids is 2. The van der Waals surface area contributed by atoms with Gasteiger partial charge in [-0.2, -0.15) is 0 Å². The summed E-state index contributed by atoms with van der Waals surface area (Å²) in [5.41, 5.74) is 7.82. The van der Waals surface area contributed by atoms with Gasteiger partial charge in [0, 0.05) is 67.8 Å². The van der Waals surface area contributed by atoms with Gasteiger partial charge in [0.2, 0.25) is 0 Å². The number of β-amino-alcohol motifs (C(OH)–C–C–N with tert-alkyl or cyclic N) is 1. The highest BCUT2D eigenvalue weighted by molar-refractivity contribution is 7.17. The maximum absolute atomic E-state index is 13.8. The standard InChI is InChI=1S/C34H32ClN5O3S/c1-4-39(5-2)23-8-6-19-11-26(38-25(19)14-23)33(42)36-22-7-9-24-20(10-22)12-27(37-24)34(43)40-16-29(41)31-28(40)13-21(15-35)30-18(3)17-44-32(30)31/h6-14,17,29,37-38,41H,4-5,15-16H2,1-3H3,(H,36,42). The third kappa shape index (κ3) is 4.63. The van der Waals surface area contributed by atoms with Crippen LogP contribution in [0.2, 0.25) is 0 Å². The number of amides is 2. The molecule has 1 atom stereocenters. The Morgan fingerprint density at radius 1 is 1.02 bits per heavy atom. The molecule has 0 radical (unpaired) electrons. The zero-order valence-electron chi connectivity index (χ0n) is 24.6. The van der Waals surface area contributed by atoms with E-state index in [1.165, 1.54) is 0 Å². The molecule has 0 bridgehead atoms. The number of hydrogen-bond acceptors (Lipinski definition) is 5. The number of carbonyl (C=O) groups is 2. The molecule has 224 valence electrons. The van der Waals surface area contributed by atoms with Crippen molar-refractivity contribution in [2.45, 2.75) is 32.8 Å². The fourth-order valence-corrected chi connectivity index (χ4v) is 7.77. The number of aryl methyl sites for hydroxylation is 1. The van der Waals surface area contributed by atoms with Gasteiger partial charge in [0.1, 0.15) is 17.5 Å². The quantitative estimate of drug-likeness (QED) is 0.136. The lowest BCUT2D eigenvalue weighted by atomic mass is 10.0. The molecule has 4 heterocycles. The van der Waals surface area contributed by atoms with E-state index in [-0.39, 0.29) is 18.4 Å². The Morgan fingerprint density at radius 2 is 1.80 bits per heavy atom. The predicted molar refractivity (Wildman–Crippen MR) is 181 cm³/mol. The largest absolute Gasteiger partial charge is 0.386 e. The number of nitrogens with one attached hydrogen (secondary N) is 3. The summed E-state index contributed by atoms with van der Waals surface area (Å²) in [6.07, 6.45) is -0.779. The van der Waals surface area contributed by atoms with E-state index < -0.39 is 6.10 Å². The first-order valence-electron chi connectivity index (χ1n) is 14.7. The van der Waals surface area contributed by atoms with Crippen molar-refractivity contribution in [3.63, 3.8) is 0 Å². The van der Waals surface area contributed by atoms with E-state index in [9.17, 15) is 14.7 Å². The number of thiophene rings is 1. The molecule has 3 aromatic heterocycles. The van der Waals surface area contributed by atoms with Crippen LogP contribution in [0.5, 0.6) is 0 Å². The van der Waals surface area contributed by atoms with Gasteiger partial charge in [-0.1, -0.05) is 6.07 Å². The van der Waals surface area contributed by atoms with Gasteiger partial charge in [-0.25, -0.2) is 0 Å². The lowest BCUT2D eigenvalue weighted by Crippen LogP contribution is -2.30. The van der Waals surface area contributed by atoms with Crippen LogP contribution in [0.4, 0.5) is 17.1 Å². The number of fused-ring (bicyclic) bond motifs is 5. The van der Waals surface area contributed by atoms with Crippen LogP contribution >= 0.6 is 22.9 Å². The zero-order valence-corrected chi connectivity index (χ0v) is 26.2. The fraction of sp³-hybridized carbons (Fsp3) is 0.235. The molecule has 8 nitrogen and oxygen atoms in total. The first-order chi connectivity index (χ1) is 21.3. The van der Waals surface area contributed by atoms with Gasteiger partial charge in [-0.15, -0.1) is 22.9 Å². The lowest BCUT2D eigenvalue weighted by Gasteiger charge is -2.20. The summed E-state index contributed by atoms with van der Waals surface area (Å²) in [5, 5.41) is 18.9. The molecule has 0 saturated heterocycles. The second-order valence-electron chi connectivity index (χ2n) is 11.2. The third-order valence-corrected chi connectivity index (χ3v) is 10.0. The number of aliphatic hydroxyl groups excluding tert-OH is 1. The van der Waals surface area contributed by atoms with Crippen LogP contribution in [0.1, 0.15) is 57.6 Å². The van der Waals surface area contributed by atoms with Crippen LogP contribution in [0.3, 0.4) is 0 Å². The molecule has 2 amide bonds. The molecule has 0 saturated carbocycles. The first-order valence-corrected chi connectivity index (χ1v) is 16.1. The van der Waals surface area contributed by atoms with Gasteiger partial charge in [0.05, 0.1) is 12.2 Å². The van der Waals surface area contributed by atoms with E-state index in [4.69, 9.17) is 11.6 Å². The van der Waals surface area contributed by atoms with Crippen LogP contribution in [-0.4, -0.2) is 46.5 Å². The zero-order chi connectivity index (χ0) is 30.7. The second kappa shape index (κ2) is 11.0. The number of H-pyrrole nitrogens is 2. The van der Waals surface area contributed by atoms with Crippen molar-refractivity contribution in [1.82, 2.24) is 9.97 Å². The number of benzene rings is 3. The molecule has 1 aliphatic rings. The maximum Gasteiger partial charge on any atom is 0.274 e. The smallest absolute Gasteiger partial charge is 0.274 e. The molecule has 0 aliphatic carbocycles. The highest BCUT2D eigenvalue weighted by Gasteiger charge is 2.35. The molecular formula is C34H32ClN5O3S. The summed E-state index contributed by atoms with van der Waals surface area (Å²) in [7, 11) is 0. The summed E-state index contributed by atoms with van der Waals surface area (Å²) < 4.78 is 0.981. The van der Waals surface area contributed by atoms with Crippen molar-refractivity contribution < 1.29 is 14.7 Å². The molecule has 0 spiro atoms. The first kappa shape index (κ1) is 28.5. The van der Waals surface area contributed by atoms with Crippen molar-refractivity contribution in [2.24, 2.45) is 0 Å². The highest BCUT2D eigenvalue weighted by Crippen LogP contribution is 2.45. The van der Waals surface area contributed by atoms with E-state index in [0.717, 1.165) is 67.4 Å². The van der Waals surface area contributed by atoms with Crippen LogP contribution in [-0.2, 0) is 5.88 Å². The molecule has 44 heavy (non-hydrogen) atoms. The van der Waals surface area contributed by atoms with Gasteiger partial charge in [0.25, 0.3) is 11.8 Å². The number of rotatable bonds is 7. The Kier molecular flexibility index (Phi) is 7.11. The third-order valence-electron chi connectivity index (χ3n) is 8.58. The monoisotopic (exact) mass is 625 g/mol. The van der Waals surface area contributed by atoms with Crippen LogP contribution in [0.15, 0.2) is 60.0 Å². The normalized spacial score (nSPS) is 14.6. The summed E-state index contributed by atoms with van der Waals surface area (Å²) in [6.45, 7) is 8.27. The summed E-state index contributed by atoms with van der Waals surface area (Å²) in [6, 6.07) is 17.2. The Balaban J connectivity index is 1.14. The van der Waals surface area contributed by atoms with Gasteiger partial charge in [-0.3, -0.25) is 9.59 Å². The maximum atomic E-state index is 13.8. The SMILES string of the molecule is CCN(CC)c1ccc2cc(C(=O)Nc3ccc4[nH]c(C(=O)N5CC(O)c6c5cc(CCl)c5c(C)csc65)cc4c3)[nH]c2c1. The Morgan fingerprint density at radius 3 is 2.57 bits per heavy atom. The molecule has 4 N–H and O–H groups in total. The Hall–Kier alpha value is -4.31. The minimum absolute atomic E-state index is 0.170. The van der Waals surface area contributed by atoms with E-state index >= 15 is 0 Å². The lowest BCUT2D eigenvalue weighted by molar-refractivity contribution is 0.0969. The van der Waals surface area contributed by atoms with Crippen molar-refractivity contribution >= 4 is 83.7 Å². The van der Waals surface area contributed by atoms with E-state index in [1.54, 1.807) is 22.3 Å². The predicted octanol–water partition coefficient (Wildman–Crippen LogP) is 7.70. The van der Waals surface area contributed by atoms with Gasteiger partial charge >= 0.3 is 0 Å². The number of alkyl halides is 1. The van der Waals surface area contributed by atoms with Crippen molar-refractivity contribution in [3.8, 4) is 0 Å². The number of aliphatic hydroxyl groups is 1. The summed E-state index contributed by atoms with van der Waals surface area (Å²) in [5.74, 6) is -0.166. The van der Waals surface area contributed by atoms with Crippen molar-refractivity contribution in [1.29, 1.82) is 0 Å². The topological polar surface area (TPSA) is 104 Å². The fourth-order valence-electron chi connectivity index (χ4n) is 6.37. The minimum Gasteiger partial charge on any atom is -0.386 e. The average molecular weight is 626 g/mol. The number of halogens is 1.